The van der Waals surface area contributed by atoms with Crippen molar-refractivity contribution in [1.82, 2.24) is 0 Å². The topological polar surface area (TPSA) is 0 Å². The first-order valence-corrected chi connectivity index (χ1v) is 4.26. The van der Waals surface area contributed by atoms with Gasteiger partial charge in [0.2, 0.25) is 0 Å². The Hall–Kier alpha value is 0.254. The molecule has 0 N–H and O–H groups in total. The Balaban J connectivity index is 0.000000605. The number of fused-ring (bicyclic) bond motifs is 1. The fourth-order valence-corrected chi connectivity index (χ4v) is 1.81. The molecular formula is C9H9Cl2Ti. The van der Waals surface area contributed by atoms with Crippen LogP contribution in [0.4, 0.5) is 0 Å². The van der Waals surface area contributed by atoms with Crippen molar-refractivity contribution in [2.45, 2.75) is 4.22 Å². The fourth-order valence-electron chi connectivity index (χ4n) is 1.25. The van der Waals surface area contributed by atoms with Crippen molar-refractivity contribution in [2.24, 2.45) is 0 Å². The summed E-state index contributed by atoms with van der Waals surface area (Å²) in [6.45, 7) is 0. The second-order valence-electron chi connectivity index (χ2n) is 2.47. The Kier molecular flexibility index (Phi) is 5.19. The Morgan fingerprint density at radius 1 is 1.08 bits per heavy atom. The van der Waals surface area contributed by atoms with Crippen molar-refractivity contribution in [3.8, 4) is 0 Å². The van der Waals surface area contributed by atoms with E-state index >= 15 is 0 Å². The summed E-state index contributed by atoms with van der Waals surface area (Å²) in [5, 5.41) is 0. The molecule has 1 aliphatic carbocycles. The Bertz CT molecular complexity index is 284. The van der Waals surface area contributed by atoms with Crippen LogP contribution in [0, 0.1) is 0 Å². The molecule has 0 spiro atoms. The monoisotopic (exact) mass is 235 g/mol. The first kappa shape index (κ1) is 12.3. The third kappa shape index (κ3) is 2.14. The van der Waals surface area contributed by atoms with Crippen molar-refractivity contribution < 1.29 is 20.4 Å². The molecule has 0 nitrogen and oxygen atoms in total. The average molecular weight is 236 g/mol. The molecule has 0 heterocycles. The predicted octanol–water partition coefficient (Wildman–Crippen LogP) is 3.14. The molecule has 1 aliphatic rings. The number of hydrogen-bond acceptors (Lipinski definition) is 0. The SMILES string of the molecule is Cl.Cl.[Ti][CH]1C=Cc2ccccc21. The number of allylic oxidation sites excluding steroid dienone is 1. The van der Waals surface area contributed by atoms with Crippen molar-refractivity contribution in [3.63, 3.8) is 0 Å². The Morgan fingerprint density at radius 3 is 2.42 bits per heavy atom. The molecule has 1 atom stereocenters. The summed E-state index contributed by atoms with van der Waals surface area (Å²) in [5.41, 5.74) is 2.84. The minimum atomic E-state index is 0. The summed E-state index contributed by atoms with van der Waals surface area (Å²) >= 11 is 2.22. The zero-order valence-electron chi connectivity index (χ0n) is 6.36. The van der Waals surface area contributed by atoms with Crippen molar-refractivity contribution in [3.05, 3.63) is 41.5 Å². The van der Waals surface area contributed by atoms with Crippen LogP contribution >= 0.6 is 24.8 Å². The first-order chi connectivity index (χ1) is 4.88. The van der Waals surface area contributed by atoms with Gasteiger partial charge in [-0.3, -0.25) is 0 Å². The van der Waals surface area contributed by atoms with E-state index in [1.807, 2.05) is 0 Å². The van der Waals surface area contributed by atoms with E-state index in [-0.39, 0.29) is 24.8 Å². The third-order valence-electron chi connectivity index (χ3n) is 1.80. The van der Waals surface area contributed by atoms with Crippen LogP contribution in [0.25, 0.3) is 6.08 Å². The molecule has 3 heteroatoms. The van der Waals surface area contributed by atoms with E-state index in [1.54, 1.807) is 0 Å². The summed E-state index contributed by atoms with van der Waals surface area (Å²) in [4.78, 5) is 0. The fraction of sp³-hybridized carbons (Fsp3) is 0.111. The van der Waals surface area contributed by atoms with Gasteiger partial charge in [0.05, 0.1) is 0 Å². The summed E-state index contributed by atoms with van der Waals surface area (Å²) in [7, 11) is 0. The molecule has 0 radical (unpaired) electrons. The van der Waals surface area contributed by atoms with Crippen LogP contribution in [0.3, 0.4) is 0 Å². The Morgan fingerprint density at radius 2 is 1.75 bits per heavy atom. The minimum absolute atomic E-state index is 0. The van der Waals surface area contributed by atoms with Crippen LogP contribution in [0.15, 0.2) is 30.3 Å². The molecule has 0 saturated heterocycles. The molecule has 63 valence electrons. The molecular weight excluding hydrogens is 227 g/mol. The summed E-state index contributed by atoms with van der Waals surface area (Å²) < 4.78 is 0.621. The van der Waals surface area contributed by atoms with Crippen molar-refractivity contribution in [1.29, 1.82) is 0 Å². The summed E-state index contributed by atoms with van der Waals surface area (Å²) in [6.07, 6.45) is 4.44. The van der Waals surface area contributed by atoms with E-state index < -0.39 is 0 Å². The van der Waals surface area contributed by atoms with Gasteiger partial charge in [0.25, 0.3) is 0 Å². The number of hydrogen-bond donors (Lipinski definition) is 0. The number of halogens is 2. The van der Waals surface area contributed by atoms with Crippen molar-refractivity contribution in [2.75, 3.05) is 0 Å². The molecule has 0 amide bonds. The third-order valence-corrected chi connectivity index (χ3v) is 2.59. The van der Waals surface area contributed by atoms with E-state index in [4.69, 9.17) is 0 Å². The van der Waals surface area contributed by atoms with Gasteiger partial charge in [0, 0.05) is 0 Å². The van der Waals surface area contributed by atoms with Crippen LogP contribution in [-0.4, -0.2) is 0 Å². The number of benzene rings is 1. The standard InChI is InChI=1S/C9H7.2ClH.Ti/c1-2-5-9-7-3-6-8(9)4-1;;;/h1-7H;2*1H;. The molecule has 0 aromatic heterocycles. The predicted molar refractivity (Wildman–Crippen MR) is 52.7 cm³/mol. The van der Waals surface area contributed by atoms with Gasteiger partial charge in [0.1, 0.15) is 0 Å². The average Bonchev–Trinajstić information content (AvgIpc) is 2.34. The molecule has 1 aromatic carbocycles. The van der Waals surface area contributed by atoms with Crippen LogP contribution in [-0.2, 0) is 20.4 Å². The Labute approximate surface area is 96.7 Å². The van der Waals surface area contributed by atoms with Crippen LogP contribution in [0.2, 0.25) is 0 Å². The van der Waals surface area contributed by atoms with Gasteiger partial charge in [0.15, 0.2) is 0 Å². The summed E-state index contributed by atoms with van der Waals surface area (Å²) in [6, 6.07) is 8.54. The van der Waals surface area contributed by atoms with E-state index in [0.717, 1.165) is 0 Å². The zero-order valence-corrected chi connectivity index (χ0v) is 9.55. The van der Waals surface area contributed by atoms with Gasteiger partial charge in [-0.2, -0.15) is 0 Å². The molecule has 0 fully saturated rings. The molecule has 1 aromatic rings. The maximum absolute atomic E-state index is 2.24. The molecule has 1 unspecified atom stereocenters. The van der Waals surface area contributed by atoms with Crippen LogP contribution in [0.5, 0.6) is 0 Å². The van der Waals surface area contributed by atoms with E-state index in [0.29, 0.717) is 4.22 Å². The van der Waals surface area contributed by atoms with Crippen LogP contribution < -0.4 is 0 Å². The molecule has 2 rings (SSSR count). The quantitative estimate of drug-likeness (QED) is 0.607. The zero-order chi connectivity index (χ0) is 6.97. The second kappa shape index (κ2) is 5.09. The normalized spacial score (nSPS) is 17.4. The van der Waals surface area contributed by atoms with E-state index in [1.165, 1.54) is 11.1 Å². The molecule has 12 heavy (non-hydrogen) atoms. The van der Waals surface area contributed by atoms with Crippen molar-refractivity contribution >= 4 is 30.9 Å². The molecule has 0 bridgehead atoms. The van der Waals surface area contributed by atoms with Gasteiger partial charge in [-0.1, -0.05) is 0 Å². The second-order valence-corrected chi connectivity index (χ2v) is 3.44. The van der Waals surface area contributed by atoms with Gasteiger partial charge in [-0.05, 0) is 0 Å². The van der Waals surface area contributed by atoms with Gasteiger partial charge < -0.3 is 0 Å². The first-order valence-electron chi connectivity index (χ1n) is 3.36. The molecule has 0 saturated carbocycles. The van der Waals surface area contributed by atoms with Crippen LogP contribution in [0.1, 0.15) is 15.3 Å². The maximum atomic E-state index is 2.24. The van der Waals surface area contributed by atoms with Gasteiger partial charge >= 0.3 is 72.2 Å². The molecule has 0 aliphatic heterocycles. The van der Waals surface area contributed by atoms with Gasteiger partial charge in [-0.25, -0.2) is 0 Å². The van der Waals surface area contributed by atoms with E-state index in [9.17, 15) is 0 Å². The van der Waals surface area contributed by atoms with Gasteiger partial charge in [-0.15, -0.1) is 24.8 Å². The van der Waals surface area contributed by atoms with E-state index in [2.05, 4.69) is 56.9 Å². The number of rotatable bonds is 0. The summed E-state index contributed by atoms with van der Waals surface area (Å²) in [5.74, 6) is 0.